The minimum Gasteiger partial charge on any atom is -0.312 e. The molecule has 0 bridgehead atoms. The van der Waals surface area contributed by atoms with Gasteiger partial charge in [-0.25, -0.2) is 17.6 Å². The molecule has 1 atom stereocenters. The second-order valence-electron chi connectivity index (χ2n) is 4.68. The average molecular weight is 317 g/mol. The molecule has 2 rings (SSSR count). The molecule has 1 aromatic carbocycles. The third kappa shape index (κ3) is 3.11. The van der Waals surface area contributed by atoms with E-state index in [-0.39, 0.29) is 17.0 Å². The van der Waals surface area contributed by atoms with Gasteiger partial charge in [0.2, 0.25) is 0 Å². The molecule has 1 N–H and O–H groups in total. The van der Waals surface area contributed by atoms with E-state index in [2.05, 4.69) is 5.32 Å². The van der Waals surface area contributed by atoms with Crippen LogP contribution in [0.4, 0.5) is 17.6 Å². The Balaban J connectivity index is 2.47. The van der Waals surface area contributed by atoms with Gasteiger partial charge in [-0.05, 0) is 25.6 Å². The van der Waals surface area contributed by atoms with Crippen molar-refractivity contribution in [3.63, 3.8) is 0 Å². The van der Waals surface area contributed by atoms with Gasteiger partial charge in [-0.2, -0.15) is 0 Å². The molecular weight excluding hydrogens is 302 g/mol. The van der Waals surface area contributed by atoms with E-state index >= 15 is 0 Å². The van der Waals surface area contributed by atoms with Gasteiger partial charge in [0.15, 0.2) is 23.3 Å². The Morgan fingerprint density at radius 2 is 1.71 bits per heavy atom. The Kier molecular flexibility index (Phi) is 5.00. The summed E-state index contributed by atoms with van der Waals surface area (Å²) >= 11 is 1.13. The summed E-state index contributed by atoms with van der Waals surface area (Å²) in [5.41, 5.74) is -0.643. The summed E-state index contributed by atoms with van der Waals surface area (Å²) < 4.78 is 54.1. The van der Waals surface area contributed by atoms with E-state index in [1.165, 1.54) is 6.07 Å². The molecule has 0 saturated carbocycles. The molecule has 1 nitrogen and oxygen atoms in total. The first kappa shape index (κ1) is 16.0. The maximum atomic E-state index is 13.8. The molecule has 1 aromatic heterocycles. The van der Waals surface area contributed by atoms with E-state index in [0.717, 1.165) is 29.1 Å². The fourth-order valence-electron chi connectivity index (χ4n) is 2.18. The second kappa shape index (κ2) is 6.58. The molecule has 6 heteroatoms. The zero-order valence-corrected chi connectivity index (χ0v) is 12.5. The highest BCUT2D eigenvalue weighted by molar-refractivity contribution is 7.15. The van der Waals surface area contributed by atoms with Crippen molar-refractivity contribution in [3.05, 3.63) is 46.3 Å². The van der Waals surface area contributed by atoms with Crippen molar-refractivity contribution in [3.8, 4) is 10.4 Å². The van der Waals surface area contributed by atoms with Crippen LogP contribution in [0.15, 0.2) is 18.2 Å². The molecule has 0 radical (unpaired) electrons. The number of nitrogens with one attached hydrogen (secondary N) is 1. The van der Waals surface area contributed by atoms with Crippen molar-refractivity contribution in [2.75, 3.05) is 7.05 Å². The number of hydrogen-bond donors (Lipinski definition) is 1. The van der Waals surface area contributed by atoms with Crippen LogP contribution in [0.3, 0.4) is 0 Å². The molecule has 0 aliphatic heterocycles. The minimum atomic E-state index is -1.39. The summed E-state index contributed by atoms with van der Waals surface area (Å²) in [6.45, 7) is 2.03. The lowest BCUT2D eigenvalue weighted by Gasteiger charge is -2.12. The van der Waals surface area contributed by atoms with Crippen molar-refractivity contribution in [1.82, 2.24) is 5.32 Å². The van der Waals surface area contributed by atoms with E-state index in [9.17, 15) is 17.6 Å². The van der Waals surface area contributed by atoms with Gasteiger partial charge in [0, 0.05) is 21.9 Å². The quantitative estimate of drug-likeness (QED) is 0.602. The standard InChI is InChI=1S/C15H15F4NS/c1-3-4-10(20-2)11-5-6-12(21-11)13-14(18)8(16)7-9(17)15(13)19/h5-7,10,20H,3-4H2,1-2H3. The molecule has 0 aliphatic carbocycles. The fourth-order valence-corrected chi connectivity index (χ4v) is 3.37. The monoisotopic (exact) mass is 317 g/mol. The van der Waals surface area contributed by atoms with Crippen LogP contribution < -0.4 is 5.32 Å². The Morgan fingerprint density at radius 3 is 2.24 bits per heavy atom. The Hall–Kier alpha value is -1.40. The van der Waals surface area contributed by atoms with Crippen molar-refractivity contribution in [2.24, 2.45) is 0 Å². The third-order valence-electron chi connectivity index (χ3n) is 3.25. The largest absolute Gasteiger partial charge is 0.312 e. The molecule has 0 amide bonds. The van der Waals surface area contributed by atoms with Gasteiger partial charge in [0.25, 0.3) is 0 Å². The number of rotatable bonds is 5. The molecule has 2 aromatic rings. The van der Waals surface area contributed by atoms with E-state index in [0.29, 0.717) is 0 Å². The first-order valence-electron chi connectivity index (χ1n) is 6.59. The molecule has 114 valence electrons. The van der Waals surface area contributed by atoms with E-state index in [1.807, 2.05) is 6.92 Å². The van der Waals surface area contributed by atoms with Crippen LogP contribution in [0.1, 0.15) is 30.7 Å². The van der Waals surface area contributed by atoms with Crippen molar-refractivity contribution >= 4 is 11.3 Å². The summed E-state index contributed by atoms with van der Waals surface area (Å²) in [5.74, 6) is -5.51. The van der Waals surface area contributed by atoms with Gasteiger partial charge in [0.1, 0.15) is 0 Å². The molecule has 1 unspecified atom stereocenters. The van der Waals surface area contributed by atoms with Gasteiger partial charge in [-0.3, -0.25) is 0 Å². The summed E-state index contributed by atoms with van der Waals surface area (Å²) in [7, 11) is 1.79. The molecule has 1 heterocycles. The highest BCUT2D eigenvalue weighted by Gasteiger charge is 2.22. The maximum absolute atomic E-state index is 13.8. The molecule has 0 aliphatic rings. The van der Waals surface area contributed by atoms with Gasteiger partial charge < -0.3 is 5.32 Å². The van der Waals surface area contributed by atoms with Crippen LogP contribution in [0.2, 0.25) is 0 Å². The number of halogens is 4. The number of benzene rings is 1. The minimum absolute atomic E-state index is 0.0540. The van der Waals surface area contributed by atoms with Crippen LogP contribution in [-0.4, -0.2) is 7.05 Å². The van der Waals surface area contributed by atoms with Crippen molar-refractivity contribution in [1.29, 1.82) is 0 Å². The van der Waals surface area contributed by atoms with Crippen LogP contribution in [0.25, 0.3) is 10.4 Å². The molecule has 0 fully saturated rings. The normalized spacial score (nSPS) is 12.7. The highest BCUT2D eigenvalue weighted by Crippen LogP contribution is 2.37. The molecule has 0 saturated heterocycles. The van der Waals surface area contributed by atoms with Crippen molar-refractivity contribution in [2.45, 2.75) is 25.8 Å². The molecule has 0 spiro atoms. The predicted octanol–water partition coefficient (Wildman–Crippen LogP) is 5.03. The van der Waals surface area contributed by atoms with Gasteiger partial charge in [0.05, 0.1) is 5.56 Å². The average Bonchev–Trinajstić information content (AvgIpc) is 2.92. The zero-order chi connectivity index (χ0) is 15.6. The highest BCUT2D eigenvalue weighted by atomic mass is 32.1. The van der Waals surface area contributed by atoms with E-state index < -0.39 is 28.8 Å². The van der Waals surface area contributed by atoms with Crippen molar-refractivity contribution < 1.29 is 17.6 Å². The fraction of sp³-hybridized carbons (Fsp3) is 0.333. The summed E-state index contributed by atoms with van der Waals surface area (Å²) in [6, 6.07) is 3.48. The number of hydrogen-bond acceptors (Lipinski definition) is 2. The summed E-state index contributed by atoms with van der Waals surface area (Å²) in [4.78, 5) is 1.05. The predicted molar refractivity (Wildman–Crippen MR) is 76.3 cm³/mol. The van der Waals surface area contributed by atoms with E-state index in [1.54, 1.807) is 13.1 Å². The Labute approximate surface area is 124 Å². The SMILES string of the molecule is CCCC(NC)c1ccc(-c2c(F)c(F)cc(F)c2F)s1. The topological polar surface area (TPSA) is 12.0 Å². The second-order valence-corrected chi connectivity index (χ2v) is 5.79. The van der Waals surface area contributed by atoms with Gasteiger partial charge in [-0.1, -0.05) is 13.3 Å². The Bertz CT molecular complexity index is 613. The van der Waals surface area contributed by atoms with Crippen LogP contribution in [0, 0.1) is 23.3 Å². The lowest BCUT2D eigenvalue weighted by molar-refractivity contribution is 0.458. The Morgan fingerprint density at radius 1 is 1.10 bits per heavy atom. The van der Waals surface area contributed by atoms with Gasteiger partial charge in [-0.15, -0.1) is 11.3 Å². The first-order valence-corrected chi connectivity index (χ1v) is 7.41. The first-order chi connectivity index (χ1) is 9.99. The lowest BCUT2D eigenvalue weighted by Crippen LogP contribution is -2.14. The number of thiophene rings is 1. The zero-order valence-electron chi connectivity index (χ0n) is 11.6. The van der Waals surface area contributed by atoms with Crippen LogP contribution in [0.5, 0.6) is 0 Å². The summed E-state index contributed by atoms with van der Waals surface area (Å²) in [5, 5.41) is 3.11. The maximum Gasteiger partial charge on any atom is 0.170 e. The third-order valence-corrected chi connectivity index (χ3v) is 4.47. The van der Waals surface area contributed by atoms with Gasteiger partial charge >= 0.3 is 0 Å². The summed E-state index contributed by atoms with van der Waals surface area (Å²) in [6.07, 6.45) is 1.80. The lowest BCUT2D eigenvalue weighted by atomic mass is 10.1. The molecular formula is C15H15F4NS. The van der Waals surface area contributed by atoms with Crippen LogP contribution >= 0.6 is 11.3 Å². The molecule has 21 heavy (non-hydrogen) atoms. The smallest absolute Gasteiger partial charge is 0.170 e. The van der Waals surface area contributed by atoms with E-state index in [4.69, 9.17) is 0 Å². The van der Waals surface area contributed by atoms with Crippen LogP contribution in [-0.2, 0) is 0 Å².